The monoisotopic (exact) mass is 346 g/mol. The summed E-state index contributed by atoms with van der Waals surface area (Å²) in [4.78, 5) is 12.0. The van der Waals surface area contributed by atoms with Crippen molar-refractivity contribution >= 4 is 46.4 Å². The molecule has 0 fully saturated rings. The molecule has 0 aliphatic rings. The minimum Gasteiger partial charge on any atom is -0.459 e. The largest absolute Gasteiger partial charge is 0.459 e. The number of benzene rings is 1. The standard InChI is InChI=1S/C14H13Cl3N2O2/c1-9-4-6-10(7-5-9)18-13(14(15,16)17)19-12(20)11-3-2-8-21-11/h2-8,13,18H,1H3,(H,19,20)/t13-/m1/s1. The number of hydrogen-bond acceptors (Lipinski definition) is 3. The van der Waals surface area contributed by atoms with E-state index in [1.165, 1.54) is 12.3 Å². The van der Waals surface area contributed by atoms with Crippen LogP contribution >= 0.6 is 34.8 Å². The van der Waals surface area contributed by atoms with Crippen molar-refractivity contribution in [3.05, 3.63) is 54.0 Å². The Labute approximate surface area is 137 Å². The highest BCUT2D eigenvalue weighted by Gasteiger charge is 2.34. The van der Waals surface area contributed by atoms with Gasteiger partial charge in [0.15, 0.2) is 5.76 Å². The van der Waals surface area contributed by atoms with Gasteiger partial charge >= 0.3 is 0 Å². The predicted octanol–water partition coefficient (Wildman–Crippen LogP) is 4.13. The number of amides is 1. The van der Waals surface area contributed by atoms with Crippen LogP contribution in [0.1, 0.15) is 16.1 Å². The van der Waals surface area contributed by atoms with Gasteiger partial charge < -0.3 is 15.1 Å². The van der Waals surface area contributed by atoms with Crippen molar-refractivity contribution in [3.63, 3.8) is 0 Å². The van der Waals surface area contributed by atoms with Crippen LogP contribution < -0.4 is 10.6 Å². The minimum atomic E-state index is -1.73. The molecule has 0 spiro atoms. The fourth-order valence-electron chi connectivity index (χ4n) is 1.63. The second-order valence-electron chi connectivity index (χ2n) is 4.44. The number of rotatable bonds is 4. The molecule has 1 aromatic carbocycles. The lowest BCUT2D eigenvalue weighted by Gasteiger charge is -2.27. The van der Waals surface area contributed by atoms with Gasteiger partial charge in [0.1, 0.15) is 6.17 Å². The number of carbonyl (C=O) groups excluding carboxylic acids is 1. The molecule has 2 aromatic rings. The van der Waals surface area contributed by atoms with Gasteiger partial charge in [0, 0.05) is 5.69 Å². The van der Waals surface area contributed by atoms with E-state index in [0.29, 0.717) is 0 Å². The Bertz CT molecular complexity index is 592. The van der Waals surface area contributed by atoms with Crippen molar-refractivity contribution in [3.8, 4) is 0 Å². The van der Waals surface area contributed by atoms with Crippen LogP contribution in [0.3, 0.4) is 0 Å². The molecular weight excluding hydrogens is 335 g/mol. The van der Waals surface area contributed by atoms with Crippen LogP contribution in [0, 0.1) is 6.92 Å². The lowest BCUT2D eigenvalue weighted by Crippen LogP contribution is -2.49. The van der Waals surface area contributed by atoms with E-state index < -0.39 is 15.9 Å². The molecule has 2 rings (SSSR count). The normalized spacial score (nSPS) is 12.8. The van der Waals surface area contributed by atoms with Gasteiger partial charge in [0.2, 0.25) is 3.79 Å². The maximum Gasteiger partial charge on any atom is 0.288 e. The number of nitrogens with one attached hydrogen (secondary N) is 2. The first-order chi connectivity index (χ1) is 9.86. The molecule has 0 saturated carbocycles. The van der Waals surface area contributed by atoms with E-state index in [9.17, 15) is 4.79 Å². The molecule has 0 unspecified atom stereocenters. The fraction of sp³-hybridized carbons (Fsp3) is 0.214. The maximum absolute atomic E-state index is 12.0. The van der Waals surface area contributed by atoms with Gasteiger partial charge in [-0.05, 0) is 31.2 Å². The van der Waals surface area contributed by atoms with E-state index in [1.807, 2.05) is 31.2 Å². The summed E-state index contributed by atoms with van der Waals surface area (Å²) in [6.45, 7) is 1.97. The summed E-state index contributed by atoms with van der Waals surface area (Å²) >= 11 is 17.7. The molecule has 1 heterocycles. The molecule has 4 nitrogen and oxygen atoms in total. The Morgan fingerprint density at radius 2 is 1.86 bits per heavy atom. The number of carbonyl (C=O) groups is 1. The van der Waals surface area contributed by atoms with E-state index >= 15 is 0 Å². The SMILES string of the molecule is Cc1ccc(N[C@H](NC(=O)c2ccco2)C(Cl)(Cl)Cl)cc1. The van der Waals surface area contributed by atoms with E-state index in [1.54, 1.807) is 6.07 Å². The van der Waals surface area contributed by atoms with Crippen molar-refractivity contribution in [2.45, 2.75) is 16.9 Å². The summed E-state index contributed by atoms with van der Waals surface area (Å²) in [5, 5.41) is 5.55. The first-order valence-corrected chi connectivity index (χ1v) is 7.24. The molecule has 2 N–H and O–H groups in total. The van der Waals surface area contributed by atoms with Gasteiger partial charge in [-0.3, -0.25) is 4.79 Å². The van der Waals surface area contributed by atoms with E-state index in [0.717, 1.165) is 11.3 Å². The molecule has 1 amide bonds. The zero-order chi connectivity index (χ0) is 15.5. The topological polar surface area (TPSA) is 54.3 Å². The molecule has 0 aliphatic heterocycles. The third kappa shape index (κ3) is 4.56. The molecule has 1 atom stereocenters. The molecule has 0 saturated heterocycles. The van der Waals surface area contributed by atoms with Crippen molar-refractivity contribution in [2.24, 2.45) is 0 Å². The van der Waals surface area contributed by atoms with Gasteiger partial charge in [-0.25, -0.2) is 0 Å². The number of furan rings is 1. The molecule has 0 radical (unpaired) electrons. The third-order valence-corrected chi connectivity index (χ3v) is 3.36. The molecule has 7 heteroatoms. The number of halogens is 3. The van der Waals surface area contributed by atoms with Crippen molar-refractivity contribution in [1.29, 1.82) is 0 Å². The van der Waals surface area contributed by atoms with E-state index in [2.05, 4.69) is 10.6 Å². The number of hydrogen-bond donors (Lipinski definition) is 2. The quantitative estimate of drug-likeness (QED) is 0.646. The predicted molar refractivity (Wildman–Crippen MR) is 85.1 cm³/mol. The summed E-state index contributed by atoms with van der Waals surface area (Å²) in [6, 6.07) is 10.6. The van der Waals surface area contributed by atoms with Crippen LogP contribution in [0.25, 0.3) is 0 Å². The van der Waals surface area contributed by atoms with Crippen LogP contribution in [0.4, 0.5) is 5.69 Å². The van der Waals surface area contributed by atoms with Crippen molar-refractivity contribution in [2.75, 3.05) is 5.32 Å². The summed E-state index contributed by atoms with van der Waals surface area (Å²) < 4.78 is 3.28. The summed E-state index contributed by atoms with van der Waals surface area (Å²) in [6.07, 6.45) is 0.481. The van der Waals surface area contributed by atoms with Crippen LogP contribution in [0.2, 0.25) is 0 Å². The average molecular weight is 348 g/mol. The lowest BCUT2D eigenvalue weighted by atomic mass is 10.2. The van der Waals surface area contributed by atoms with Gasteiger partial charge in [-0.1, -0.05) is 52.5 Å². The number of aryl methyl sites for hydroxylation is 1. The second-order valence-corrected chi connectivity index (χ2v) is 6.80. The second kappa shape index (κ2) is 6.60. The summed E-state index contributed by atoms with van der Waals surface area (Å²) in [5.74, 6) is -0.337. The molecule has 0 aliphatic carbocycles. The molecule has 21 heavy (non-hydrogen) atoms. The lowest BCUT2D eigenvalue weighted by molar-refractivity contribution is 0.0914. The Kier molecular flexibility index (Phi) is 5.04. The first-order valence-electron chi connectivity index (χ1n) is 6.10. The minimum absolute atomic E-state index is 0.139. The third-order valence-electron chi connectivity index (χ3n) is 2.71. The highest BCUT2D eigenvalue weighted by atomic mass is 35.6. The summed E-state index contributed by atoms with van der Waals surface area (Å²) in [7, 11) is 0. The zero-order valence-corrected chi connectivity index (χ0v) is 13.3. The molecule has 1 aromatic heterocycles. The van der Waals surface area contributed by atoms with Gasteiger partial charge in [0.25, 0.3) is 5.91 Å². The maximum atomic E-state index is 12.0. The van der Waals surface area contributed by atoms with E-state index in [4.69, 9.17) is 39.2 Å². The first kappa shape index (κ1) is 16.0. The highest BCUT2D eigenvalue weighted by molar-refractivity contribution is 6.68. The zero-order valence-electron chi connectivity index (χ0n) is 11.1. The van der Waals surface area contributed by atoms with Gasteiger partial charge in [0.05, 0.1) is 6.26 Å². The Hall–Kier alpha value is -1.36. The van der Waals surface area contributed by atoms with Crippen LogP contribution in [0.15, 0.2) is 47.1 Å². The van der Waals surface area contributed by atoms with Crippen LogP contribution in [-0.2, 0) is 0 Å². The number of alkyl halides is 3. The highest BCUT2D eigenvalue weighted by Crippen LogP contribution is 2.31. The van der Waals surface area contributed by atoms with Gasteiger partial charge in [-0.2, -0.15) is 0 Å². The molecule has 0 bridgehead atoms. The average Bonchev–Trinajstić information content (AvgIpc) is 2.93. The molecule has 112 valence electrons. The van der Waals surface area contributed by atoms with Gasteiger partial charge in [-0.15, -0.1) is 0 Å². The Morgan fingerprint density at radius 3 is 2.38 bits per heavy atom. The van der Waals surface area contributed by atoms with Crippen LogP contribution in [0.5, 0.6) is 0 Å². The Morgan fingerprint density at radius 1 is 1.19 bits per heavy atom. The van der Waals surface area contributed by atoms with Crippen LogP contribution in [-0.4, -0.2) is 15.9 Å². The fourth-order valence-corrected chi connectivity index (χ4v) is 1.95. The smallest absolute Gasteiger partial charge is 0.288 e. The van der Waals surface area contributed by atoms with Crippen molar-refractivity contribution in [1.82, 2.24) is 5.32 Å². The summed E-state index contributed by atoms with van der Waals surface area (Å²) in [5.41, 5.74) is 1.82. The van der Waals surface area contributed by atoms with E-state index in [-0.39, 0.29) is 5.76 Å². The van der Waals surface area contributed by atoms with Crippen molar-refractivity contribution < 1.29 is 9.21 Å². The Balaban J connectivity index is 2.12. The molecular formula is C14H13Cl3N2O2. The number of anilines is 1.